The van der Waals surface area contributed by atoms with Crippen molar-refractivity contribution in [3.63, 3.8) is 0 Å². The van der Waals surface area contributed by atoms with Crippen LogP contribution in [-0.2, 0) is 37.4 Å². The quantitative estimate of drug-likeness (QED) is 0.187. The largest absolute Gasteiger partial charge is 0.488 e. The lowest BCUT2D eigenvalue weighted by atomic mass is 9.96. The Morgan fingerprint density at radius 1 is 0.907 bits per heavy atom. The molecule has 0 saturated heterocycles. The number of ether oxygens (including phenoxy) is 2. The molecular weight excluding hydrogens is 541 g/mol. The van der Waals surface area contributed by atoms with Gasteiger partial charge >= 0.3 is 0 Å². The van der Waals surface area contributed by atoms with Gasteiger partial charge in [0.2, 0.25) is 5.91 Å². The molecule has 220 valence electrons. The van der Waals surface area contributed by atoms with Crippen LogP contribution in [0.1, 0.15) is 52.3 Å². The normalized spacial score (nSPS) is 12.0. The van der Waals surface area contributed by atoms with Crippen LogP contribution in [0.15, 0.2) is 72.8 Å². The van der Waals surface area contributed by atoms with E-state index in [1.54, 1.807) is 6.07 Å². The van der Waals surface area contributed by atoms with Crippen molar-refractivity contribution in [1.82, 2.24) is 10.6 Å². The Morgan fingerprint density at radius 3 is 2.49 bits per heavy atom. The molecule has 1 aliphatic carbocycles. The van der Waals surface area contributed by atoms with Gasteiger partial charge in [0, 0.05) is 43.8 Å². The van der Waals surface area contributed by atoms with Gasteiger partial charge in [-0.15, -0.1) is 0 Å². The molecule has 2 N–H and O–H groups in total. The monoisotopic (exact) mass is 577 g/mol. The Bertz CT molecular complexity index is 1650. The number of nitrogens with zero attached hydrogens (tertiary/aromatic N) is 1. The zero-order valence-corrected chi connectivity index (χ0v) is 24.6. The summed E-state index contributed by atoms with van der Waals surface area (Å²) in [4.78, 5) is 11.3. The zero-order chi connectivity index (χ0) is 30.2. The highest BCUT2D eigenvalue weighted by Gasteiger charge is 2.24. The number of nitriles is 1. The maximum atomic E-state index is 15.1. The molecule has 43 heavy (non-hydrogen) atoms. The van der Waals surface area contributed by atoms with E-state index in [0.717, 1.165) is 52.6 Å². The third kappa shape index (κ3) is 7.22. The van der Waals surface area contributed by atoms with E-state index >= 15 is 4.39 Å². The van der Waals surface area contributed by atoms with Crippen LogP contribution in [0.5, 0.6) is 11.5 Å². The molecule has 0 aromatic heterocycles. The van der Waals surface area contributed by atoms with E-state index in [1.807, 2.05) is 67.6 Å². The van der Waals surface area contributed by atoms with Gasteiger partial charge in [0.15, 0.2) is 0 Å². The summed E-state index contributed by atoms with van der Waals surface area (Å²) in [5.41, 5.74) is 8.27. The predicted molar refractivity (Wildman–Crippen MR) is 165 cm³/mol. The average Bonchev–Trinajstić information content (AvgIpc) is 3.51. The maximum Gasteiger partial charge on any atom is 0.216 e. The van der Waals surface area contributed by atoms with Crippen molar-refractivity contribution in [2.45, 2.75) is 52.9 Å². The van der Waals surface area contributed by atoms with Crippen molar-refractivity contribution >= 4 is 5.91 Å². The Labute approximate surface area is 252 Å². The number of halogens is 1. The number of benzene rings is 4. The molecule has 0 atom stereocenters. The van der Waals surface area contributed by atoms with E-state index < -0.39 is 0 Å². The molecule has 4 aromatic rings. The smallest absolute Gasteiger partial charge is 0.216 e. The summed E-state index contributed by atoms with van der Waals surface area (Å²) in [5, 5.41) is 15.6. The van der Waals surface area contributed by atoms with Crippen molar-refractivity contribution in [2.75, 3.05) is 13.1 Å². The summed E-state index contributed by atoms with van der Waals surface area (Å²) in [6, 6.07) is 24.8. The second-order valence-corrected chi connectivity index (χ2v) is 10.8. The van der Waals surface area contributed by atoms with Crippen LogP contribution in [0.4, 0.5) is 4.39 Å². The molecule has 5 rings (SSSR count). The minimum atomic E-state index is -0.289. The molecule has 0 saturated carbocycles. The molecule has 0 spiro atoms. The molecule has 1 amide bonds. The number of hydrogen-bond donors (Lipinski definition) is 2. The standard InChI is InChI=1S/C36H36FN3O3/c1-24-29(28-10-4-3-5-11-28)14-15-34(37)33(24)23-43-35-19-36(42-22-27-9-6-8-26(18-27)20-38)32(30-12-7-13-31(30)35)21-39-16-17-40-25(2)41/h3-6,8-11,14-15,18-19,39H,7,12-13,16-17,21-23H2,1-2H3,(H,40,41). The molecule has 0 bridgehead atoms. The number of hydrogen-bond acceptors (Lipinski definition) is 5. The van der Waals surface area contributed by atoms with E-state index in [0.29, 0.717) is 48.9 Å². The highest BCUT2D eigenvalue weighted by molar-refractivity contribution is 5.72. The SMILES string of the molecule is CC(=O)NCCNCc1c(OCc2cccc(C#N)c2)cc(OCc2c(F)ccc(-c3ccccc3)c2C)c2c1CCC2. The maximum absolute atomic E-state index is 15.1. The van der Waals surface area contributed by atoms with Gasteiger partial charge in [-0.2, -0.15) is 5.26 Å². The predicted octanol–water partition coefficient (Wildman–Crippen LogP) is 6.55. The molecule has 6 nitrogen and oxygen atoms in total. The molecule has 4 aromatic carbocycles. The first-order chi connectivity index (χ1) is 20.9. The Kier molecular flexibility index (Phi) is 9.70. The summed E-state index contributed by atoms with van der Waals surface area (Å²) in [6.45, 7) is 5.55. The lowest BCUT2D eigenvalue weighted by molar-refractivity contribution is -0.118. The van der Waals surface area contributed by atoms with Gasteiger partial charge in [0.1, 0.15) is 30.5 Å². The summed E-state index contributed by atoms with van der Waals surface area (Å²) < 4.78 is 27.9. The van der Waals surface area contributed by atoms with Crippen LogP contribution >= 0.6 is 0 Å². The van der Waals surface area contributed by atoms with Crippen LogP contribution in [-0.4, -0.2) is 19.0 Å². The highest BCUT2D eigenvalue weighted by atomic mass is 19.1. The van der Waals surface area contributed by atoms with Crippen LogP contribution < -0.4 is 20.1 Å². The molecule has 7 heteroatoms. The van der Waals surface area contributed by atoms with Gasteiger partial charge in [-0.3, -0.25) is 4.79 Å². The fourth-order valence-corrected chi connectivity index (χ4v) is 5.66. The van der Waals surface area contributed by atoms with Gasteiger partial charge < -0.3 is 20.1 Å². The number of carbonyl (C=O) groups excluding carboxylic acids is 1. The summed E-state index contributed by atoms with van der Waals surface area (Å²) >= 11 is 0. The summed E-state index contributed by atoms with van der Waals surface area (Å²) in [5.74, 6) is 1.05. The summed E-state index contributed by atoms with van der Waals surface area (Å²) in [6.07, 6.45) is 2.76. The van der Waals surface area contributed by atoms with Crippen LogP contribution in [0.25, 0.3) is 11.1 Å². The van der Waals surface area contributed by atoms with Crippen LogP contribution in [0.3, 0.4) is 0 Å². The van der Waals surface area contributed by atoms with Gasteiger partial charge in [0.05, 0.1) is 11.6 Å². The first kappa shape index (κ1) is 29.8. The summed E-state index contributed by atoms with van der Waals surface area (Å²) in [7, 11) is 0. The van der Waals surface area contributed by atoms with E-state index in [1.165, 1.54) is 18.6 Å². The van der Waals surface area contributed by atoms with Crippen LogP contribution in [0.2, 0.25) is 0 Å². The van der Waals surface area contributed by atoms with Gasteiger partial charge in [-0.1, -0.05) is 48.5 Å². The topological polar surface area (TPSA) is 83.4 Å². The molecular formula is C36H36FN3O3. The van der Waals surface area contributed by atoms with Crippen molar-refractivity contribution in [1.29, 1.82) is 5.26 Å². The van der Waals surface area contributed by atoms with Crippen molar-refractivity contribution in [3.05, 3.63) is 118 Å². The van der Waals surface area contributed by atoms with E-state index in [-0.39, 0.29) is 18.3 Å². The van der Waals surface area contributed by atoms with E-state index in [4.69, 9.17) is 9.47 Å². The third-order valence-electron chi connectivity index (χ3n) is 7.87. The fourth-order valence-electron chi connectivity index (χ4n) is 5.66. The zero-order valence-electron chi connectivity index (χ0n) is 24.6. The van der Waals surface area contributed by atoms with Gasteiger partial charge in [-0.25, -0.2) is 4.39 Å². The Hall–Kier alpha value is -4.67. The second-order valence-electron chi connectivity index (χ2n) is 10.8. The van der Waals surface area contributed by atoms with Crippen molar-refractivity contribution < 1.29 is 18.7 Å². The van der Waals surface area contributed by atoms with Crippen molar-refractivity contribution in [3.8, 4) is 28.7 Å². The van der Waals surface area contributed by atoms with E-state index in [9.17, 15) is 10.1 Å². The third-order valence-corrected chi connectivity index (χ3v) is 7.87. The fraction of sp³-hybridized carbons (Fsp3) is 0.278. The lowest BCUT2D eigenvalue weighted by Crippen LogP contribution is -2.30. The minimum Gasteiger partial charge on any atom is -0.488 e. The Morgan fingerprint density at radius 2 is 1.70 bits per heavy atom. The molecule has 0 radical (unpaired) electrons. The van der Waals surface area contributed by atoms with Crippen LogP contribution in [0, 0.1) is 24.1 Å². The van der Waals surface area contributed by atoms with E-state index in [2.05, 4.69) is 16.7 Å². The molecule has 0 fully saturated rings. The highest BCUT2D eigenvalue weighted by Crippen LogP contribution is 2.40. The molecule has 0 aliphatic heterocycles. The molecule has 1 aliphatic rings. The average molecular weight is 578 g/mol. The number of carbonyl (C=O) groups is 1. The van der Waals surface area contributed by atoms with Gasteiger partial charge in [-0.05, 0) is 77.8 Å². The molecule has 0 unspecified atom stereocenters. The number of nitrogens with one attached hydrogen (secondary N) is 2. The van der Waals surface area contributed by atoms with Gasteiger partial charge in [0.25, 0.3) is 0 Å². The number of fused-ring (bicyclic) bond motifs is 1. The number of amides is 1. The van der Waals surface area contributed by atoms with Crippen molar-refractivity contribution in [2.24, 2.45) is 0 Å². The first-order valence-corrected chi connectivity index (χ1v) is 14.7. The Balaban J connectivity index is 1.43. The molecule has 0 heterocycles. The minimum absolute atomic E-state index is 0.0613. The lowest BCUT2D eigenvalue weighted by Gasteiger charge is -2.21. The number of rotatable bonds is 12. The second kappa shape index (κ2) is 14.0. The first-order valence-electron chi connectivity index (χ1n) is 14.7.